The highest BCUT2D eigenvalue weighted by molar-refractivity contribution is 6.06. The van der Waals surface area contributed by atoms with Gasteiger partial charge in [-0.2, -0.15) is 0 Å². The molecular formula is C18H22O4. The molecule has 0 spiro atoms. The highest BCUT2D eigenvalue weighted by Gasteiger charge is 2.37. The van der Waals surface area contributed by atoms with Crippen LogP contribution in [0.3, 0.4) is 0 Å². The summed E-state index contributed by atoms with van der Waals surface area (Å²) in [7, 11) is 0. The number of carbonyl (C=O) groups is 2. The first kappa shape index (κ1) is 16.3. The minimum absolute atomic E-state index is 0.349. The van der Waals surface area contributed by atoms with Crippen LogP contribution in [0.15, 0.2) is 23.8 Å². The molecule has 1 unspecified atom stereocenters. The van der Waals surface area contributed by atoms with Crippen molar-refractivity contribution in [3.05, 3.63) is 40.5 Å². The Morgan fingerprint density at radius 3 is 2.45 bits per heavy atom. The first-order valence-corrected chi connectivity index (χ1v) is 7.75. The first-order chi connectivity index (χ1) is 10.6. The zero-order valence-corrected chi connectivity index (χ0v) is 13.3. The van der Waals surface area contributed by atoms with Crippen LogP contribution in [0.25, 0.3) is 6.08 Å². The Bertz CT molecular complexity index is 601. The summed E-state index contributed by atoms with van der Waals surface area (Å²) in [6.07, 6.45) is 3.26. The number of benzene rings is 1. The predicted molar refractivity (Wildman–Crippen MR) is 84.4 cm³/mol. The molecule has 4 heteroatoms. The smallest absolute Gasteiger partial charge is 0.335 e. The van der Waals surface area contributed by atoms with Crippen LogP contribution in [0.2, 0.25) is 0 Å². The number of esters is 2. The third kappa shape index (κ3) is 3.21. The van der Waals surface area contributed by atoms with Gasteiger partial charge in [0.1, 0.15) is 5.92 Å². The highest BCUT2D eigenvalue weighted by Crippen LogP contribution is 2.39. The van der Waals surface area contributed by atoms with E-state index in [1.165, 1.54) is 0 Å². The van der Waals surface area contributed by atoms with E-state index in [1.807, 2.05) is 39.0 Å². The lowest BCUT2D eigenvalue weighted by molar-refractivity contribution is -0.147. The van der Waals surface area contributed by atoms with Gasteiger partial charge in [0.2, 0.25) is 0 Å². The summed E-state index contributed by atoms with van der Waals surface area (Å²) in [6.45, 7) is 6.54. The van der Waals surface area contributed by atoms with Crippen LogP contribution in [0.5, 0.6) is 0 Å². The summed E-state index contributed by atoms with van der Waals surface area (Å²) in [5.74, 6) is -1.49. The fourth-order valence-corrected chi connectivity index (χ4v) is 2.55. The second kappa shape index (κ2) is 7.25. The largest absolute Gasteiger partial charge is 0.465 e. The van der Waals surface area contributed by atoms with Gasteiger partial charge in [-0.3, -0.25) is 4.79 Å². The summed E-state index contributed by atoms with van der Waals surface area (Å²) in [4.78, 5) is 24.7. The molecule has 0 aliphatic heterocycles. The first-order valence-electron chi connectivity index (χ1n) is 7.75. The second-order valence-electron chi connectivity index (χ2n) is 5.41. The zero-order chi connectivity index (χ0) is 16.1. The van der Waals surface area contributed by atoms with Gasteiger partial charge >= 0.3 is 11.9 Å². The molecule has 0 aromatic heterocycles. The van der Waals surface area contributed by atoms with Crippen LogP contribution in [0.1, 0.15) is 49.3 Å². The van der Waals surface area contributed by atoms with Gasteiger partial charge in [-0.25, -0.2) is 4.79 Å². The summed E-state index contributed by atoms with van der Waals surface area (Å²) >= 11 is 0. The van der Waals surface area contributed by atoms with Crippen LogP contribution < -0.4 is 0 Å². The van der Waals surface area contributed by atoms with Crippen molar-refractivity contribution >= 4 is 18.0 Å². The second-order valence-corrected chi connectivity index (χ2v) is 5.41. The number of hydrogen-bond donors (Lipinski definition) is 0. The van der Waals surface area contributed by atoms with Gasteiger partial charge in [0.05, 0.1) is 18.8 Å². The molecule has 0 N–H and O–H groups in total. The highest BCUT2D eigenvalue weighted by atomic mass is 16.5. The molecule has 1 aromatic carbocycles. The monoisotopic (exact) mass is 302 g/mol. The Kier molecular flexibility index (Phi) is 5.36. The lowest BCUT2D eigenvalue weighted by Crippen LogP contribution is -2.22. The molecule has 0 saturated heterocycles. The standard InChI is InChI=1S/C18H22O4/c1-4-9-21-17(19)15-11-14-12(3)7-6-8-13(14)16(15)18(20)22-10-5-2/h6-8,11,16H,4-5,9-10H2,1-3H3. The van der Waals surface area contributed by atoms with Crippen LogP contribution in [-0.4, -0.2) is 25.2 Å². The number of ether oxygens (including phenoxy) is 2. The average Bonchev–Trinajstić information content (AvgIpc) is 2.91. The third-order valence-electron chi connectivity index (χ3n) is 3.64. The maximum Gasteiger partial charge on any atom is 0.335 e. The zero-order valence-electron chi connectivity index (χ0n) is 13.3. The molecule has 2 rings (SSSR count). The van der Waals surface area contributed by atoms with Gasteiger partial charge < -0.3 is 9.47 Å². The maximum atomic E-state index is 12.4. The molecular weight excluding hydrogens is 280 g/mol. The molecule has 118 valence electrons. The van der Waals surface area contributed by atoms with E-state index in [0.717, 1.165) is 29.5 Å². The van der Waals surface area contributed by atoms with E-state index < -0.39 is 11.9 Å². The maximum absolute atomic E-state index is 12.4. The molecule has 1 atom stereocenters. The quantitative estimate of drug-likeness (QED) is 0.756. The Balaban J connectivity index is 2.34. The van der Waals surface area contributed by atoms with E-state index in [9.17, 15) is 9.59 Å². The molecule has 22 heavy (non-hydrogen) atoms. The lowest BCUT2D eigenvalue weighted by Gasteiger charge is -2.15. The SMILES string of the molecule is CCCOC(=O)C1=Cc2c(C)cccc2C1C(=O)OCCC. The van der Waals surface area contributed by atoms with Crippen molar-refractivity contribution < 1.29 is 19.1 Å². The summed E-state index contributed by atoms with van der Waals surface area (Å²) in [5.41, 5.74) is 3.15. The van der Waals surface area contributed by atoms with Gasteiger partial charge in [0, 0.05) is 0 Å². The number of aryl methyl sites for hydroxylation is 1. The molecule has 0 bridgehead atoms. The predicted octanol–water partition coefficient (Wildman–Crippen LogP) is 3.38. The normalized spacial score (nSPS) is 16.0. The lowest BCUT2D eigenvalue weighted by atomic mass is 9.94. The van der Waals surface area contributed by atoms with Crippen LogP contribution in [-0.2, 0) is 19.1 Å². The summed E-state index contributed by atoms with van der Waals surface area (Å²) in [6, 6.07) is 5.73. The van der Waals surface area contributed by atoms with Crippen molar-refractivity contribution in [2.24, 2.45) is 0 Å². The molecule has 0 amide bonds. The molecule has 0 radical (unpaired) electrons. The molecule has 0 saturated carbocycles. The van der Waals surface area contributed by atoms with Gasteiger partial charge in [-0.15, -0.1) is 0 Å². The molecule has 4 nitrogen and oxygen atoms in total. The van der Waals surface area contributed by atoms with Crippen LogP contribution in [0.4, 0.5) is 0 Å². The topological polar surface area (TPSA) is 52.6 Å². The number of fused-ring (bicyclic) bond motifs is 1. The van der Waals surface area contributed by atoms with E-state index in [-0.39, 0.29) is 5.97 Å². The summed E-state index contributed by atoms with van der Waals surface area (Å²) in [5, 5.41) is 0. The Labute approximate surface area is 131 Å². The minimum atomic E-state index is -0.675. The van der Waals surface area contributed by atoms with Gasteiger partial charge in [-0.05, 0) is 42.5 Å². The van der Waals surface area contributed by atoms with Crippen molar-refractivity contribution in [2.45, 2.75) is 39.5 Å². The molecule has 0 heterocycles. The van der Waals surface area contributed by atoms with Crippen molar-refractivity contribution in [2.75, 3.05) is 13.2 Å². The fraction of sp³-hybridized carbons (Fsp3) is 0.444. The fourth-order valence-electron chi connectivity index (χ4n) is 2.55. The van der Waals surface area contributed by atoms with E-state index in [2.05, 4.69) is 0 Å². The molecule has 1 aliphatic carbocycles. The van der Waals surface area contributed by atoms with E-state index >= 15 is 0 Å². The number of rotatable bonds is 6. The van der Waals surface area contributed by atoms with Crippen LogP contribution in [0, 0.1) is 6.92 Å². The Hall–Kier alpha value is -2.10. The van der Waals surface area contributed by atoms with Crippen molar-refractivity contribution in [1.29, 1.82) is 0 Å². The molecule has 1 aromatic rings. The minimum Gasteiger partial charge on any atom is -0.465 e. The Morgan fingerprint density at radius 1 is 1.09 bits per heavy atom. The van der Waals surface area contributed by atoms with Crippen molar-refractivity contribution in [3.63, 3.8) is 0 Å². The molecule has 0 fully saturated rings. The Morgan fingerprint density at radius 2 is 1.77 bits per heavy atom. The third-order valence-corrected chi connectivity index (χ3v) is 3.64. The van der Waals surface area contributed by atoms with Gasteiger partial charge in [-0.1, -0.05) is 32.0 Å². The summed E-state index contributed by atoms with van der Waals surface area (Å²) < 4.78 is 10.5. The van der Waals surface area contributed by atoms with Crippen molar-refractivity contribution in [3.8, 4) is 0 Å². The average molecular weight is 302 g/mol. The van der Waals surface area contributed by atoms with Gasteiger partial charge in [0.15, 0.2) is 0 Å². The number of hydrogen-bond acceptors (Lipinski definition) is 4. The van der Waals surface area contributed by atoms with E-state index in [4.69, 9.17) is 9.47 Å². The van der Waals surface area contributed by atoms with Gasteiger partial charge in [0.25, 0.3) is 0 Å². The van der Waals surface area contributed by atoms with E-state index in [1.54, 1.807) is 6.08 Å². The molecule has 1 aliphatic rings. The van der Waals surface area contributed by atoms with E-state index in [0.29, 0.717) is 18.8 Å². The van der Waals surface area contributed by atoms with Crippen molar-refractivity contribution in [1.82, 2.24) is 0 Å². The van der Waals surface area contributed by atoms with Crippen LogP contribution >= 0.6 is 0 Å². The number of carbonyl (C=O) groups excluding carboxylic acids is 2.